The second-order valence-electron chi connectivity index (χ2n) is 9.19. The third-order valence-electron chi connectivity index (χ3n) is 7.33. The van der Waals surface area contributed by atoms with Gasteiger partial charge in [-0.25, -0.2) is 0 Å². The minimum Gasteiger partial charge on any atom is -0.381 e. The van der Waals surface area contributed by atoms with Gasteiger partial charge in [0.25, 0.3) is 5.91 Å². The molecule has 0 saturated carbocycles. The van der Waals surface area contributed by atoms with Gasteiger partial charge in [0.05, 0.1) is 4.88 Å². The Morgan fingerprint density at radius 3 is 2.64 bits per heavy atom. The van der Waals surface area contributed by atoms with Gasteiger partial charge in [-0.1, -0.05) is 18.2 Å². The molecule has 4 fully saturated rings. The molecule has 4 nitrogen and oxygen atoms in total. The minimum absolute atomic E-state index is 0.0424. The van der Waals surface area contributed by atoms with Crippen LogP contribution >= 0.6 is 11.3 Å². The summed E-state index contributed by atoms with van der Waals surface area (Å²) in [5.41, 5.74) is 1.44. The van der Waals surface area contributed by atoms with Gasteiger partial charge in [-0.2, -0.15) is 0 Å². The molecule has 1 aromatic heterocycles. The molecule has 4 aliphatic heterocycles. The number of ether oxygens (including phenoxy) is 1. The molecule has 28 heavy (non-hydrogen) atoms. The van der Waals surface area contributed by atoms with E-state index in [9.17, 15) is 4.79 Å². The molecule has 1 aromatic carbocycles. The van der Waals surface area contributed by atoms with E-state index in [-0.39, 0.29) is 17.5 Å². The van der Waals surface area contributed by atoms with E-state index in [4.69, 9.17) is 4.74 Å². The van der Waals surface area contributed by atoms with Gasteiger partial charge in [-0.3, -0.25) is 9.69 Å². The van der Waals surface area contributed by atoms with Crippen LogP contribution in [0.1, 0.15) is 60.7 Å². The average molecular weight is 399 g/mol. The van der Waals surface area contributed by atoms with Crippen LogP contribution in [0.3, 0.4) is 0 Å². The lowest BCUT2D eigenvalue weighted by atomic mass is 9.72. The Kier molecular flexibility index (Phi) is 4.73. The van der Waals surface area contributed by atoms with Gasteiger partial charge in [-0.15, -0.1) is 11.3 Å². The summed E-state index contributed by atoms with van der Waals surface area (Å²) in [6, 6.07) is 8.85. The Labute approximate surface area is 171 Å². The van der Waals surface area contributed by atoms with E-state index in [0.717, 1.165) is 30.9 Å². The second-order valence-corrected chi connectivity index (χ2v) is 10.2. The first kappa shape index (κ1) is 18.6. The third kappa shape index (κ3) is 3.08. The van der Waals surface area contributed by atoms with Crippen molar-refractivity contribution in [3.05, 3.63) is 34.7 Å². The van der Waals surface area contributed by atoms with E-state index in [2.05, 4.69) is 48.3 Å². The highest BCUT2D eigenvalue weighted by molar-refractivity contribution is 7.21. The summed E-state index contributed by atoms with van der Waals surface area (Å²) in [5, 5.41) is 4.63. The molecule has 0 radical (unpaired) electrons. The zero-order chi connectivity index (χ0) is 19.3. The number of thiophene rings is 1. The molecule has 4 saturated heterocycles. The highest BCUT2D eigenvalue weighted by Gasteiger charge is 2.48. The average Bonchev–Trinajstić information content (AvgIpc) is 3.16. The molecule has 150 valence electrons. The quantitative estimate of drug-likeness (QED) is 0.833. The number of nitrogens with one attached hydrogen (secondary N) is 1. The van der Waals surface area contributed by atoms with E-state index in [1.165, 1.54) is 41.6 Å². The molecule has 2 aromatic rings. The first-order valence-electron chi connectivity index (χ1n) is 10.7. The summed E-state index contributed by atoms with van der Waals surface area (Å²) < 4.78 is 6.83. The Bertz CT molecular complexity index is 876. The van der Waals surface area contributed by atoms with Gasteiger partial charge in [0.2, 0.25) is 0 Å². The molecule has 4 aliphatic rings. The molecule has 2 bridgehead atoms. The van der Waals surface area contributed by atoms with Crippen LogP contribution in [0.2, 0.25) is 0 Å². The van der Waals surface area contributed by atoms with Crippen molar-refractivity contribution >= 4 is 27.3 Å². The van der Waals surface area contributed by atoms with Gasteiger partial charge in [-0.05, 0) is 81.5 Å². The predicted octanol–water partition coefficient (Wildman–Crippen LogP) is 4.40. The van der Waals surface area contributed by atoms with Crippen LogP contribution in [0.5, 0.6) is 0 Å². The number of benzene rings is 1. The summed E-state index contributed by atoms with van der Waals surface area (Å²) in [4.78, 5) is 16.6. The van der Waals surface area contributed by atoms with Gasteiger partial charge >= 0.3 is 0 Å². The molecule has 0 aliphatic carbocycles. The maximum atomic E-state index is 13.2. The summed E-state index contributed by atoms with van der Waals surface area (Å²) in [6.07, 6.45) is 4.56. The highest BCUT2D eigenvalue weighted by Crippen LogP contribution is 2.40. The number of fused-ring (bicyclic) bond motifs is 4. The number of hydrogen-bond acceptors (Lipinski definition) is 4. The molecule has 0 unspecified atom stereocenters. The third-order valence-corrected chi connectivity index (χ3v) is 8.53. The lowest BCUT2D eigenvalue weighted by Crippen LogP contribution is -2.69. The van der Waals surface area contributed by atoms with Gasteiger partial charge in [0.15, 0.2) is 0 Å². The van der Waals surface area contributed by atoms with Crippen molar-refractivity contribution in [1.82, 2.24) is 10.2 Å². The zero-order valence-corrected chi connectivity index (χ0v) is 17.7. The van der Waals surface area contributed by atoms with Crippen molar-refractivity contribution in [1.29, 1.82) is 0 Å². The highest BCUT2D eigenvalue weighted by atomic mass is 32.1. The van der Waals surface area contributed by atoms with E-state index in [0.29, 0.717) is 11.8 Å². The second kappa shape index (κ2) is 7.12. The Balaban J connectivity index is 1.41. The smallest absolute Gasteiger partial charge is 0.261 e. The van der Waals surface area contributed by atoms with Crippen molar-refractivity contribution in [2.45, 2.75) is 57.0 Å². The standard InChI is InChI=1S/C23H30N2O2S/c1-23(2)21(16-6-10-25(23)11-7-16)24-22(26)19-14-17-4-3-5-18(20(17)28-19)15-8-12-27-13-9-15/h3-5,14-16,21H,6-13H2,1-2H3,(H,24,26)/t21-/m0/s1. The SMILES string of the molecule is CC1(C)[C@@H](NC(=O)c2cc3cccc(C4CCOCC4)c3s2)C2CCN1CC2. The fourth-order valence-electron chi connectivity index (χ4n) is 5.62. The van der Waals surface area contributed by atoms with E-state index in [1.807, 2.05) is 0 Å². The topological polar surface area (TPSA) is 41.6 Å². The lowest BCUT2D eigenvalue weighted by Gasteiger charge is -2.56. The van der Waals surface area contributed by atoms with Crippen LogP contribution in [0.15, 0.2) is 24.3 Å². The first-order valence-corrected chi connectivity index (χ1v) is 11.5. The number of nitrogens with zero attached hydrogens (tertiary/aromatic N) is 1. The van der Waals surface area contributed by atoms with Gasteiger partial charge < -0.3 is 10.1 Å². The number of piperidine rings is 3. The molecular formula is C23H30N2O2S. The van der Waals surface area contributed by atoms with E-state index >= 15 is 0 Å². The van der Waals surface area contributed by atoms with Crippen molar-refractivity contribution in [2.75, 3.05) is 26.3 Å². The summed E-state index contributed by atoms with van der Waals surface area (Å²) >= 11 is 1.67. The number of carbonyl (C=O) groups is 1. The Morgan fingerprint density at radius 2 is 1.93 bits per heavy atom. The summed E-state index contributed by atoms with van der Waals surface area (Å²) in [5.74, 6) is 1.26. The predicted molar refractivity (Wildman–Crippen MR) is 114 cm³/mol. The Morgan fingerprint density at radius 1 is 1.18 bits per heavy atom. The first-order chi connectivity index (χ1) is 13.5. The number of rotatable bonds is 3. The van der Waals surface area contributed by atoms with E-state index in [1.54, 1.807) is 11.3 Å². The normalized spacial score (nSPS) is 29.9. The molecule has 5 heterocycles. The fraction of sp³-hybridized carbons (Fsp3) is 0.609. The van der Waals surface area contributed by atoms with Crippen LogP contribution in [-0.4, -0.2) is 48.7 Å². The number of hydrogen-bond donors (Lipinski definition) is 1. The fourth-order valence-corrected chi connectivity index (χ4v) is 6.77. The van der Waals surface area contributed by atoms with Crippen LogP contribution in [0.25, 0.3) is 10.1 Å². The largest absolute Gasteiger partial charge is 0.381 e. The van der Waals surface area contributed by atoms with Crippen LogP contribution in [-0.2, 0) is 4.74 Å². The van der Waals surface area contributed by atoms with Crippen LogP contribution in [0, 0.1) is 5.92 Å². The van der Waals surface area contributed by atoms with E-state index < -0.39 is 0 Å². The molecule has 1 N–H and O–H groups in total. The number of amides is 1. The molecular weight excluding hydrogens is 368 g/mol. The maximum Gasteiger partial charge on any atom is 0.261 e. The van der Waals surface area contributed by atoms with Crippen LogP contribution < -0.4 is 5.32 Å². The van der Waals surface area contributed by atoms with Crippen molar-refractivity contribution in [3.8, 4) is 0 Å². The molecule has 1 atom stereocenters. The maximum absolute atomic E-state index is 13.2. The van der Waals surface area contributed by atoms with Gasteiger partial charge in [0.1, 0.15) is 0 Å². The molecule has 5 heteroatoms. The zero-order valence-electron chi connectivity index (χ0n) is 16.9. The molecule has 0 spiro atoms. The molecule has 6 rings (SSSR count). The minimum atomic E-state index is 0.0424. The lowest BCUT2D eigenvalue weighted by molar-refractivity contribution is -0.0377. The summed E-state index contributed by atoms with van der Waals surface area (Å²) in [7, 11) is 0. The van der Waals surface area contributed by atoms with Crippen molar-refractivity contribution in [3.63, 3.8) is 0 Å². The summed E-state index contributed by atoms with van der Waals surface area (Å²) in [6.45, 7) is 8.60. The number of carbonyl (C=O) groups excluding carboxylic acids is 1. The molecule has 1 amide bonds. The Hall–Kier alpha value is -1.43. The monoisotopic (exact) mass is 398 g/mol. The van der Waals surface area contributed by atoms with Crippen LogP contribution in [0.4, 0.5) is 0 Å². The van der Waals surface area contributed by atoms with Gasteiger partial charge in [0, 0.05) is 29.5 Å². The van der Waals surface area contributed by atoms with Crippen molar-refractivity contribution in [2.24, 2.45) is 5.92 Å². The van der Waals surface area contributed by atoms with Crippen molar-refractivity contribution < 1.29 is 9.53 Å².